The lowest BCUT2D eigenvalue weighted by atomic mass is 10.0. The van der Waals surface area contributed by atoms with E-state index in [1.807, 2.05) is 56.2 Å². The van der Waals surface area contributed by atoms with Crippen LogP contribution in [-0.2, 0) is 7.05 Å². The van der Waals surface area contributed by atoms with Crippen molar-refractivity contribution in [1.29, 1.82) is 0 Å². The smallest absolute Gasteiger partial charge is 0.193 e. The molecule has 0 aliphatic carbocycles. The molecule has 0 saturated carbocycles. The Bertz CT molecular complexity index is 766. The molecule has 2 aromatic rings. The number of hydrogen-bond acceptors (Lipinski definition) is 3. The first-order chi connectivity index (χ1) is 12.6. The van der Waals surface area contributed by atoms with Crippen LogP contribution in [0.15, 0.2) is 41.7 Å². The zero-order chi connectivity index (χ0) is 18.5. The highest BCUT2D eigenvalue weighted by Crippen LogP contribution is 2.27. The molecular formula is C19H27ClIN5O. The number of para-hydroxylation sites is 1. The molecule has 0 amide bonds. The number of hydrogen-bond donors (Lipinski definition) is 1. The maximum absolute atomic E-state index is 6.15. The van der Waals surface area contributed by atoms with Gasteiger partial charge in [-0.15, -0.1) is 24.0 Å². The van der Waals surface area contributed by atoms with Gasteiger partial charge < -0.3 is 15.0 Å². The number of aryl methyl sites for hydroxylation is 1. The van der Waals surface area contributed by atoms with Gasteiger partial charge in [-0.2, -0.15) is 5.10 Å². The number of aromatic nitrogens is 2. The van der Waals surface area contributed by atoms with Crippen LogP contribution < -0.4 is 10.1 Å². The molecule has 1 fully saturated rings. The molecule has 1 N–H and O–H groups in total. The molecule has 1 aromatic carbocycles. The van der Waals surface area contributed by atoms with Crippen LogP contribution in [0.2, 0.25) is 5.02 Å². The fraction of sp³-hybridized carbons (Fsp3) is 0.474. The first-order valence-electron chi connectivity index (χ1n) is 8.92. The molecule has 2 atom stereocenters. The minimum absolute atomic E-state index is 0. The minimum atomic E-state index is -0.0247. The van der Waals surface area contributed by atoms with Crippen LogP contribution in [0.4, 0.5) is 0 Å². The summed E-state index contributed by atoms with van der Waals surface area (Å²) in [6.45, 7) is 4.61. The van der Waals surface area contributed by atoms with E-state index < -0.39 is 0 Å². The summed E-state index contributed by atoms with van der Waals surface area (Å²) in [7, 11) is 3.77. The number of benzene rings is 1. The highest BCUT2D eigenvalue weighted by atomic mass is 127. The zero-order valence-corrected chi connectivity index (χ0v) is 19.0. The molecule has 6 nitrogen and oxygen atoms in total. The third-order valence-electron chi connectivity index (χ3n) is 4.61. The molecule has 8 heteroatoms. The standard InChI is InChI=1S/C19H26ClN5O.HI/c1-14(26-18-7-5-4-6-17(18)20)10-22-19(21-2)25-9-8-15(13-25)16-11-23-24(3)12-16;/h4-7,11-12,14-15H,8-10,13H2,1-3H3,(H,21,22);1H. The summed E-state index contributed by atoms with van der Waals surface area (Å²) in [6.07, 6.45) is 5.15. The van der Waals surface area contributed by atoms with Crippen LogP contribution in [0.25, 0.3) is 0 Å². The van der Waals surface area contributed by atoms with Crippen molar-refractivity contribution < 1.29 is 4.74 Å². The second-order valence-corrected chi connectivity index (χ2v) is 7.07. The van der Waals surface area contributed by atoms with Gasteiger partial charge in [0.25, 0.3) is 0 Å². The average molecular weight is 504 g/mol. The van der Waals surface area contributed by atoms with Crippen LogP contribution in [0, 0.1) is 0 Å². The second-order valence-electron chi connectivity index (χ2n) is 6.67. The molecule has 1 aliphatic rings. The molecule has 0 radical (unpaired) electrons. The first-order valence-corrected chi connectivity index (χ1v) is 9.30. The van der Waals surface area contributed by atoms with Crippen LogP contribution in [0.3, 0.4) is 0 Å². The zero-order valence-electron chi connectivity index (χ0n) is 15.9. The van der Waals surface area contributed by atoms with E-state index in [0.717, 1.165) is 25.5 Å². The Kier molecular flexibility index (Phi) is 8.22. The van der Waals surface area contributed by atoms with Crippen LogP contribution >= 0.6 is 35.6 Å². The number of halogens is 2. The van der Waals surface area contributed by atoms with Gasteiger partial charge in [0, 0.05) is 39.3 Å². The number of ether oxygens (including phenoxy) is 1. The summed E-state index contributed by atoms with van der Waals surface area (Å²) in [5.74, 6) is 2.11. The van der Waals surface area contributed by atoms with E-state index >= 15 is 0 Å². The van der Waals surface area contributed by atoms with Crippen molar-refractivity contribution >= 4 is 41.5 Å². The quantitative estimate of drug-likeness (QED) is 0.385. The van der Waals surface area contributed by atoms with Crippen LogP contribution in [0.5, 0.6) is 5.75 Å². The highest BCUT2D eigenvalue weighted by Gasteiger charge is 2.27. The minimum Gasteiger partial charge on any atom is -0.487 e. The third-order valence-corrected chi connectivity index (χ3v) is 4.92. The second kappa shape index (κ2) is 10.2. The Balaban J connectivity index is 0.00000261. The normalized spacial score (nSPS) is 18.1. The molecule has 27 heavy (non-hydrogen) atoms. The number of rotatable bonds is 5. The topological polar surface area (TPSA) is 54.7 Å². The lowest BCUT2D eigenvalue weighted by Gasteiger charge is -2.23. The predicted octanol–water partition coefficient (Wildman–Crippen LogP) is 3.52. The van der Waals surface area contributed by atoms with Gasteiger partial charge in [-0.05, 0) is 31.0 Å². The van der Waals surface area contributed by atoms with Gasteiger partial charge in [-0.3, -0.25) is 9.67 Å². The van der Waals surface area contributed by atoms with Gasteiger partial charge in [-0.25, -0.2) is 0 Å². The van der Waals surface area contributed by atoms with Gasteiger partial charge in [0.2, 0.25) is 0 Å². The van der Waals surface area contributed by atoms with E-state index in [9.17, 15) is 0 Å². The predicted molar refractivity (Wildman–Crippen MR) is 120 cm³/mol. The van der Waals surface area contributed by atoms with Gasteiger partial charge >= 0.3 is 0 Å². The highest BCUT2D eigenvalue weighted by molar-refractivity contribution is 14.0. The van der Waals surface area contributed by atoms with Crippen molar-refractivity contribution in [3.8, 4) is 5.75 Å². The number of nitrogens with one attached hydrogen (secondary N) is 1. The maximum Gasteiger partial charge on any atom is 0.193 e. The molecule has 2 unspecified atom stereocenters. The molecule has 2 heterocycles. The molecule has 0 spiro atoms. The van der Waals surface area contributed by atoms with E-state index in [-0.39, 0.29) is 30.1 Å². The number of nitrogens with zero attached hydrogens (tertiary/aromatic N) is 4. The van der Waals surface area contributed by atoms with Crippen molar-refractivity contribution in [2.75, 3.05) is 26.7 Å². The largest absolute Gasteiger partial charge is 0.487 e. The molecular weight excluding hydrogens is 477 g/mol. The Morgan fingerprint density at radius 2 is 2.22 bits per heavy atom. The number of aliphatic imine (C=N–C) groups is 1. The van der Waals surface area contributed by atoms with Crippen molar-refractivity contribution in [3.63, 3.8) is 0 Å². The number of guanidine groups is 1. The van der Waals surface area contributed by atoms with Crippen molar-refractivity contribution in [2.45, 2.75) is 25.4 Å². The van der Waals surface area contributed by atoms with Gasteiger partial charge in [0.1, 0.15) is 11.9 Å². The summed E-state index contributed by atoms with van der Waals surface area (Å²) in [6, 6.07) is 7.53. The monoisotopic (exact) mass is 503 g/mol. The third kappa shape index (κ3) is 5.75. The van der Waals surface area contributed by atoms with E-state index in [0.29, 0.717) is 23.2 Å². The van der Waals surface area contributed by atoms with Gasteiger partial charge in [-0.1, -0.05) is 23.7 Å². The van der Waals surface area contributed by atoms with Crippen LogP contribution in [-0.4, -0.2) is 53.4 Å². The van der Waals surface area contributed by atoms with E-state index in [1.54, 1.807) is 0 Å². The SMILES string of the molecule is CN=C(NCC(C)Oc1ccccc1Cl)N1CCC(c2cnn(C)c2)C1.I. The molecule has 1 saturated heterocycles. The fourth-order valence-corrected chi connectivity index (χ4v) is 3.42. The Hall–Kier alpha value is -1.48. The van der Waals surface area contributed by atoms with Gasteiger partial charge in [0.15, 0.2) is 5.96 Å². The maximum atomic E-state index is 6.15. The van der Waals surface area contributed by atoms with Crippen molar-refractivity contribution in [1.82, 2.24) is 20.0 Å². The molecule has 0 bridgehead atoms. The molecule has 3 rings (SSSR count). The Morgan fingerprint density at radius 1 is 1.44 bits per heavy atom. The fourth-order valence-electron chi connectivity index (χ4n) is 3.24. The average Bonchev–Trinajstić information content (AvgIpc) is 3.27. The summed E-state index contributed by atoms with van der Waals surface area (Å²) in [5.41, 5.74) is 1.29. The Labute approximate surface area is 183 Å². The number of likely N-dealkylation sites (tertiary alicyclic amines) is 1. The summed E-state index contributed by atoms with van der Waals surface area (Å²) in [4.78, 5) is 6.72. The molecule has 1 aliphatic heterocycles. The summed E-state index contributed by atoms with van der Waals surface area (Å²) >= 11 is 6.15. The van der Waals surface area contributed by atoms with Crippen molar-refractivity contribution in [3.05, 3.63) is 47.2 Å². The lowest BCUT2D eigenvalue weighted by Crippen LogP contribution is -2.43. The van der Waals surface area contributed by atoms with E-state index in [2.05, 4.69) is 26.5 Å². The Morgan fingerprint density at radius 3 is 2.89 bits per heavy atom. The molecule has 1 aromatic heterocycles. The molecule has 148 valence electrons. The van der Waals surface area contributed by atoms with E-state index in [4.69, 9.17) is 16.3 Å². The van der Waals surface area contributed by atoms with Crippen LogP contribution in [0.1, 0.15) is 24.8 Å². The van der Waals surface area contributed by atoms with Gasteiger partial charge in [0.05, 0.1) is 17.8 Å². The first kappa shape index (κ1) is 21.8. The summed E-state index contributed by atoms with van der Waals surface area (Å²) in [5, 5.41) is 8.33. The lowest BCUT2D eigenvalue weighted by molar-refractivity contribution is 0.222. The summed E-state index contributed by atoms with van der Waals surface area (Å²) < 4.78 is 7.78. The van der Waals surface area contributed by atoms with Crippen molar-refractivity contribution in [2.24, 2.45) is 12.0 Å². The van der Waals surface area contributed by atoms with E-state index in [1.165, 1.54) is 5.56 Å².